The van der Waals surface area contributed by atoms with E-state index >= 15 is 0 Å². The van der Waals surface area contributed by atoms with Gasteiger partial charge in [-0.2, -0.15) is 0 Å². The summed E-state index contributed by atoms with van der Waals surface area (Å²) in [5.41, 5.74) is 2.32. The summed E-state index contributed by atoms with van der Waals surface area (Å²) in [5.74, 6) is 0.877. The third kappa shape index (κ3) is 3.76. The normalized spacial score (nSPS) is 23.1. The third-order valence-corrected chi connectivity index (χ3v) is 4.22. The van der Waals surface area contributed by atoms with E-state index in [1.807, 2.05) is 12.1 Å². The van der Waals surface area contributed by atoms with Crippen LogP contribution in [-0.2, 0) is 16.0 Å². The molecule has 2 rings (SSSR count). The monoisotopic (exact) mass is 258 g/mol. The summed E-state index contributed by atoms with van der Waals surface area (Å²) in [4.78, 5) is 22.3. The van der Waals surface area contributed by atoms with Gasteiger partial charge in [-0.3, -0.25) is 9.59 Å². The summed E-state index contributed by atoms with van der Waals surface area (Å²) in [7, 11) is 0. The highest BCUT2D eigenvalue weighted by molar-refractivity contribution is 6.36. The number of carbonyl (C=O) groups excluding carboxylic acids is 2. The van der Waals surface area contributed by atoms with E-state index in [2.05, 4.69) is 19.1 Å². The van der Waals surface area contributed by atoms with Crippen molar-refractivity contribution in [2.24, 2.45) is 5.92 Å². The Bertz CT molecular complexity index is 451. The lowest BCUT2D eigenvalue weighted by Crippen LogP contribution is -2.13. The molecule has 0 spiro atoms. The predicted molar refractivity (Wildman–Crippen MR) is 76.2 cm³/mol. The minimum atomic E-state index is -0.356. The summed E-state index contributed by atoms with van der Waals surface area (Å²) in [5, 5.41) is 0. The second kappa shape index (κ2) is 6.14. The van der Waals surface area contributed by atoms with E-state index in [4.69, 9.17) is 0 Å². The van der Waals surface area contributed by atoms with Gasteiger partial charge in [0.25, 0.3) is 0 Å². The molecule has 1 aliphatic rings. The van der Waals surface area contributed by atoms with E-state index in [9.17, 15) is 9.59 Å². The Hall–Kier alpha value is -1.44. The van der Waals surface area contributed by atoms with Crippen molar-refractivity contribution < 1.29 is 9.59 Å². The molecule has 0 aliphatic heterocycles. The maximum atomic E-state index is 11.4. The fourth-order valence-electron chi connectivity index (χ4n) is 2.81. The molecular weight excluding hydrogens is 236 g/mol. The molecule has 1 aliphatic carbocycles. The molecular formula is C17H22O2. The molecule has 0 radical (unpaired) electrons. The summed E-state index contributed by atoms with van der Waals surface area (Å²) >= 11 is 0. The van der Waals surface area contributed by atoms with Crippen molar-refractivity contribution >= 4 is 11.6 Å². The van der Waals surface area contributed by atoms with Gasteiger partial charge in [0.15, 0.2) is 5.78 Å². The molecule has 2 heteroatoms. The summed E-state index contributed by atoms with van der Waals surface area (Å²) in [6.45, 7) is 3.66. The van der Waals surface area contributed by atoms with Crippen LogP contribution in [0.4, 0.5) is 0 Å². The van der Waals surface area contributed by atoms with Gasteiger partial charge in [-0.25, -0.2) is 0 Å². The molecule has 0 bridgehead atoms. The average Bonchev–Trinajstić information content (AvgIpc) is 2.40. The number of rotatable bonds is 4. The van der Waals surface area contributed by atoms with Gasteiger partial charge in [-0.05, 0) is 35.8 Å². The van der Waals surface area contributed by atoms with Crippen molar-refractivity contribution in [1.82, 2.24) is 0 Å². The van der Waals surface area contributed by atoms with Crippen LogP contribution in [0.25, 0.3) is 0 Å². The first-order valence-electron chi connectivity index (χ1n) is 7.19. The van der Waals surface area contributed by atoms with Crippen molar-refractivity contribution in [2.75, 3.05) is 0 Å². The van der Waals surface area contributed by atoms with Gasteiger partial charge >= 0.3 is 0 Å². The number of carbonyl (C=O) groups is 2. The Morgan fingerprint density at radius 1 is 1.05 bits per heavy atom. The van der Waals surface area contributed by atoms with E-state index in [1.54, 1.807) is 0 Å². The molecule has 0 atom stereocenters. The molecule has 1 saturated carbocycles. The Balaban J connectivity index is 1.98. The lowest BCUT2D eigenvalue weighted by molar-refractivity contribution is -0.134. The zero-order chi connectivity index (χ0) is 13.8. The first-order chi connectivity index (χ1) is 9.06. The van der Waals surface area contributed by atoms with E-state index in [0.29, 0.717) is 5.92 Å². The fourth-order valence-corrected chi connectivity index (χ4v) is 2.81. The van der Waals surface area contributed by atoms with Crippen molar-refractivity contribution in [2.45, 2.75) is 51.9 Å². The van der Waals surface area contributed by atoms with E-state index in [0.717, 1.165) is 11.5 Å². The molecule has 2 nitrogen and oxygen atoms in total. The van der Waals surface area contributed by atoms with Crippen LogP contribution < -0.4 is 0 Å². The van der Waals surface area contributed by atoms with Crippen molar-refractivity contribution in [3.63, 3.8) is 0 Å². The maximum absolute atomic E-state index is 11.4. The Kier molecular flexibility index (Phi) is 4.52. The molecule has 0 unspecified atom stereocenters. The smallest absolute Gasteiger partial charge is 0.202 e. The molecule has 1 aromatic rings. The van der Waals surface area contributed by atoms with Gasteiger partial charge in [-0.1, -0.05) is 44.0 Å². The number of Topliss-reactive ketones (excluding diaryl/α,β-unsaturated/α-hetero) is 2. The molecule has 1 fully saturated rings. The predicted octanol–water partition coefficient (Wildman–Crippen LogP) is 3.68. The molecule has 0 amide bonds. The minimum Gasteiger partial charge on any atom is -0.291 e. The SMILES string of the molecule is CC(=O)C(=O)Cc1ccc(C2CCC(C)CC2)cc1. The molecule has 102 valence electrons. The number of benzene rings is 1. The second-order valence-corrected chi connectivity index (χ2v) is 5.85. The largest absolute Gasteiger partial charge is 0.291 e. The average molecular weight is 258 g/mol. The fraction of sp³-hybridized carbons (Fsp3) is 0.529. The standard InChI is InChI=1S/C17H22O2/c1-12-3-7-15(8-4-12)16-9-5-14(6-10-16)11-17(19)13(2)18/h5-6,9-10,12,15H,3-4,7-8,11H2,1-2H3. The van der Waals surface area contributed by atoms with Crippen molar-refractivity contribution in [1.29, 1.82) is 0 Å². The van der Waals surface area contributed by atoms with Gasteiger partial charge in [0, 0.05) is 13.3 Å². The lowest BCUT2D eigenvalue weighted by Gasteiger charge is -2.26. The number of hydrogen-bond donors (Lipinski definition) is 0. The highest BCUT2D eigenvalue weighted by Crippen LogP contribution is 2.35. The molecule has 0 saturated heterocycles. The van der Waals surface area contributed by atoms with Gasteiger partial charge in [-0.15, -0.1) is 0 Å². The quantitative estimate of drug-likeness (QED) is 0.772. The van der Waals surface area contributed by atoms with Crippen molar-refractivity contribution in [3.05, 3.63) is 35.4 Å². The van der Waals surface area contributed by atoms with Gasteiger partial charge in [0.2, 0.25) is 5.78 Å². The van der Waals surface area contributed by atoms with E-state index in [1.165, 1.54) is 38.2 Å². The topological polar surface area (TPSA) is 34.1 Å². The van der Waals surface area contributed by atoms with Crippen LogP contribution in [0.3, 0.4) is 0 Å². The first-order valence-corrected chi connectivity index (χ1v) is 7.19. The summed E-state index contributed by atoms with van der Waals surface area (Å²) in [6.07, 6.45) is 5.40. The summed E-state index contributed by atoms with van der Waals surface area (Å²) in [6, 6.07) is 8.25. The third-order valence-electron chi connectivity index (χ3n) is 4.22. The highest BCUT2D eigenvalue weighted by atomic mass is 16.2. The van der Waals surface area contributed by atoms with E-state index < -0.39 is 0 Å². The second-order valence-electron chi connectivity index (χ2n) is 5.85. The molecule has 0 heterocycles. The Labute approximate surface area is 115 Å². The van der Waals surface area contributed by atoms with Crippen LogP contribution in [0, 0.1) is 5.92 Å². The van der Waals surface area contributed by atoms with Crippen LogP contribution in [0.2, 0.25) is 0 Å². The van der Waals surface area contributed by atoms with E-state index in [-0.39, 0.29) is 18.0 Å². The number of hydrogen-bond acceptors (Lipinski definition) is 2. The van der Waals surface area contributed by atoms with Crippen LogP contribution in [0.5, 0.6) is 0 Å². The van der Waals surface area contributed by atoms with Gasteiger partial charge < -0.3 is 0 Å². The molecule has 1 aromatic carbocycles. The zero-order valence-corrected chi connectivity index (χ0v) is 11.8. The lowest BCUT2D eigenvalue weighted by atomic mass is 9.79. The maximum Gasteiger partial charge on any atom is 0.202 e. The highest BCUT2D eigenvalue weighted by Gasteiger charge is 2.19. The molecule has 0 aromatic heterocycles. The summed E-state index contributed by atoms with van der Waals surface area (Å²) < 4.78 is 0. The molecule has 0 N–H and O–H groups in total. The van der Waals surface area contributed by atoms with Crippen LogP contribution >= 0.6 is 0 Å². The molecule has 19 heavy (non-hydrogen) atoms. The first kappa shape index (κ1) is 14.0. The number of ketones is 2. The Morgan fingerprint density at radius 3 is 2.16 bits per heavy atom. The minimum absolute atomic E-state index is 0.233. The van der Waals surface area contributed by atoms with Crippen LogP contribution in [0.15, 0.2) is 24.3 Å². The van der Waals surface area contributed by atoms with Gasteiger partial charge in [0.1, 0.15) is 0 Å². The Morgan fingerprint density at radius 2 is 1.63 bits per heavy atom. The van der Waals surface area contributed by atoms with Crippen LogP contribution in [0.1, 0.15) is 56.6 Å². The van der Waals surface area contributed by atoms with Crippen LogP contribution in [-0.4, -0.2) is 11.6 Å². The van der Waals surface area contributed by atoms with Crippen molar-refractivity contribution in [3.8, 4) is 0 Å². The zero-order valence-electron chi connectivity index (χ0n) is 11.8. The van der Waals surface area contributed by atoms with Gasteiger partial charge in [0.05, 0.1) is 0 Å².